The molecule has 1 heterocycles. The van der Waals surface area contributed by atoms with Gasteiger partial charge in [0.15, 0.2) is 0 Å². The van der Waals surface area contributed by atoms with E-state index in [1.165, 1.54) is 7.11 Å². The zero-order valence-corrected chi connectivity index (χ0v) is 15.2. The first-order chi connectivity index (χ1) is 11.5. The molecule has 0 aliphatic heterocycles. The van der Waals surface area contributed by atoms with Crippen molar-refractivity contribution in [3.8, 4) is 0 Å². The molecule has 0 saturated carbocycles. The molecule has 1 aromatic heterocycles. The second-order valence-electron chi connectivity index (χ2n) is 5.39. The quantitative estimate of drug-likeness (QED) is 0.707. The average molecular weight is 394 g/mol. The number of carbonyl (C=O) groups excluding carboxylic acids is 2. The van der Waals surface area contributed by atoms with Crippen molar-refractivity contribution < 1.29 is 14.3 Å². The molecule has 24 heavy (non-hydrogen) atoms. The molecule has 2 rings (SSSR count). The van der Waals surface area contributed by atoms with Crippen LogP contribution in [0.3, 0.4) is 0 Å². The normalized spacial score (nSPS) is 11.8. The minimum atomic E-state index is -0.492. The lowest BCUT2D eigenvalue weighted by atomic mass is 10.0. The lowest BCUT2D eigenvalue weighted by Gasteiger charge is -2.18. The van der Waals surface area contributed by atoms with Gasteiger partial charge in [-0.05, 0) is 30.2 Å². The van der Waals surface area contributed by atoms with Crippen LogP contribution in [0.2, 0.25) is 0 Å². The number of aromatic amines is 1. The Hall–Kier alpha value is -2.15. The van der Waals surface area contributed by atoms with E-state index >= 15 is 0 Å². The first kappa shape index (κ1) is 18.2. The molecular formula is C17H20BrN3O3. The minimum Gasteiger partial charge on any atom is -0.469 e. The summed E-state index contributed by atoms with van der Waals surface area (Å²) in [5, 5.41) is 9.74. The highest BCUT2D eigenvalue weighted by Crippen LogP contribution is 2.22. The molecule has 0 aliphatic carbocycles. The third-order valence-corrected chi connectivity index (χ3v) is 4.03. The van der Waals surface area contributed by atoms with Crippen LogP contribution in [0.15, 0.2) is 34.8 Å². The van der Waals surface area contributed by atoms with Gasteiger partial charge in [0.2, 0.25) is 0 Å². The van der Waals surface area contributed by atoms with Gasteiger partial charge < -0.3 is 10.1 Å². The molecule has 1 unspecified atom stereocenters. The summed E-state index contributed by atoms with van der Waals surface area (Å²) >= 11 is 3.40. The fraction of sp³-hybridized carbons (Fsp3) is 0.353. The monoisotopic (exact) mass is 393 g/mol. The summed E-state index contributed by atoms with van der Waals surface area (Å²) in [4.78, 5) is 24.1. The second kappa shape index (κ2) is 8.63. The number of nitrogens with zero attached hydrogens (tertiary/aromatic N) is 1. The van der Waals surface area contributed by atoms with Gasteiger partial charge in [-0.1, -0.05) is 41.4 Å². The van der Waals surface area contributed by atoms with E-state index in [1.54, 1.807) is 6.07 Å². The predicted octanol–water partition coefficient (Wildman–Crippen LogP) is 3.16. The summed E-state index contributed by atoms with van der Waals surface area (Å²) in [7, 11) is 1.33. The van der Waals surface area contributed by atoms with E-state index < -0.39 is 12.0 Å². The molecule has 6 nitrogen and oxygen atoms in total. The van der Waals surface area contributed by atoms with Crippen molar-refractivity contribution in [3.63, 3.8) is 0 Å². The largest absolute Gasteiger partial charge is 0.469 e. The molecule has 1 amide bonds. The number of hydrogen-bond donors (Lipinski definition) is 2. The van der Waals surface area contributed by atoms with E-state index in [0.717, 1.165) is 28.6 Å². The molecular weight excluding hydrogens is 374 g/mol. The van der Waals surface area contributed by atoms with E-state index in [9.17, 15) is 9.59 Å². The van der Waals surface area contributed by atoms with Crippen LogP contribution in [0.1, 0.15) is 47.6 Å². The Kier molecular flexibility index (Phi) is 6.54. The molecule has 1 aromatic carbocycles. The van der Waals surface area contributed by atoms with Gasteiger partial charge in [-0.3, -0.25) is 14.7 Å². The van der Waals surface area contributed by atoms with Crippen LogP contribution >= 0.6 is 15.9 Å². The lowest BCUT2D eigenvalue weighted by Crippen LogP contribution is -2.30. The molecule has 2 N–H and O–H groups in total. The summed E-state index contributed by atoms with van der Waals surface area (Å²) in [6.07, 6.45) is 1.84. The fourth-order valence-corrected chi connectivity index (χ4v) is 2.75. The van der Waals surface area contributed by atoms with E-state index in [1.807, 2.05) is 24.3 Å². The van der Waals surface area contributed by atoms with Crippen LogP contribution in [-0.4, -0.2) is 29.2 Å². The summed E-state index contributed by atoms with van der Waals surface area (Å²) in [6, 6.07) is 8.69. The zero-order chi connectivity index (χ0) is 17.5. The van der Waals surface area contributed by atoms with Gasteiger partial charge in [0.1, 0.15) is 5.69 Å². The van der Waals surface area contributed by atoms with Crippen LogP contribution in [0, 0.1) is 0 Å². The highest BCUT2D eigenvalue weighted by molar-refractivity contribution is 9.10. The van der Waals surface area contributed by atoms with E-state index in [4.69, 9.17) is 4.74 Å². The van der Waals surface area contributed by atoms with Crippen molar-refractivity contribution in [2.45, 2.75) is 32.2 Å². The maximum atomic E-state index is 12.4. The molecule has 0 bridgehead atoms. The van der Waals surface area contributed by atoms with Crippen molar-refractivity contribution in [2.24, 2.45) is 0 Å². The third kappa shape index (κ3) is 4.92. The maximum absolute atomic E-state index is 12.4. The first-order valence-corrected chi connectivity index (χ1v) is 8.50. The van der Waals surface area contributed by atoms with Crippen LogP contribution in [-0.2, 0) is 16.0 Å². The molecule has 128 valence electrons. The van der Waals surface area contributed by atoms with Crippen molar-refractivity contribution in [1.29, 1.82) is 0 Å². The Bertz CT molecular complexity index is 715. The van der Waals surface area contributed by atoms with Crippen molar-refractivity contribution in [3.05, 3.63) is 51.8 Å². The smallest absolute Gasteiger partial charge is 0.307 e. The SMILES string of the molecule is CCCc1cc(C(=O)NC(CC(=O)OC)c2cccc(Br)c2)n[nH]1. The number of nitrogens with one attached hydrogen (secondary N) is 2. The number of H-pyrrole nitrogens is 1. The highest BCUT2D eigenvalue weighted by Gasteiger charge is 2.21. The Morgan fingerprint density at radius 2 is 2.17 bits per heavy atom. The highest BCUT2D eigenvalue weighted by atomic mass is 79.9. The summed E-state index contributed by atoms with van der Waals surface area (Å²) in [5.41, 5.74) is 2.03. The van der Waals surface area contributed by atoms with Crippen LogP contribution < -0.4 is 5.32 Å². The first-order valence-electron chi connectivity index (χ1n) is 7.71. The molecule has 2 aromatic rings. The van der Waals surface area contributed by atoms with Crippen molar-refractivity contribution in [2.75, 3.05) is 7.11 Å². The van der Waals surface area contributed by atoms with E-state index in [2.05, 4.69) is 38.4 Å². The molecule has 1 atom stereocenters. The predicted molar refractivity (Wildman–Crippen MR) is 93.6 cm³/mol. The molecule has 0 saturated heterocycles. The fourth-order valence-electron chi connectivity index (χ4n) is 2.33. The summed E-state index contributed by atoms with van der Waals surface area (Å²) < 4.78 is 5.60. The van der Waals surface area contributed by atoms with E-state index in [0.29, 0.717) is 5.69 Å². The molecule has 0 aliphatic rings. The summed E-state index contributed by atoms with van der Waals surface area (Å²) in [6.45, 7) is 2.06. The van der Waals surface area contributed by atoms with Gasteiger partial charge in [0.25, 0.3) is 5.91 Å². The average Bonchev–Trinajstić information content (AvgIpc) is 3.03. The lowest BCUT2D eigenvalue weighted by molar-refractivity contribution is -0.141. The number of rotatable bonds is 7. The van der Waals surface area contributed by atoms with Crippen LogP contribution in [0.4, 0.5) is 0 Å². The van der Waals surface area contributed by atoms with E-state index in [-0.39, 0.29) is 12.3 Å². The van der Waals surface area contributed by atoms with Crippen LogP contribution in [0.5, 0.6) is 0 Å². The van der Waals surface area contributed by atoms with Gasteiger partial charge in [-0.25, -0.2) is 0 Å². The van der Waals surface area contributed by atoms with Gasteiger partial charge in [-0.15, -0.1) is 0 Å². The number of ether oxygens (including phenoxy) is 1. The number of hydrogen-bond acceptors (Lipinski definition) is 4. The van der Waals surface area contributed by atoms with Gasteiger partial charge in [-0.2, -0.15) is 5.10 Å². The third-order valence-electron chi connectivity index (χ3n) is 3.54. The number of halogens is 1. The van der Waals surface area contributed by atoms with Gasteiger partial charge in [0.05, 0.1) is 19.6 Å². The number of esters is 1. The molecule has 0 spiro atoms. The number of amides is 1. The Balaban J connectivity index is 2.17. The Morgan fingerprint density at radius 3 is 2.83 bits per heavy atom. The van der Waals surface area contributed by atoms with Crippen molar-refractivity contribution in [1.82, 2.24) is 15.5 Å². The number of benzene rings is 1. The topological polar surface area (TPSA) is 84.1 Å². The maximum Gasteiger partial charge on any atom is 0.307 e. The Labute approximate surface area is 149 Å². The van der Waals surface area contributed by atoms with Crippen LogP contribution in [0.25, 0.3) is 0 Å². The molecule has 7 heteroatoms. The zero-order valence-electron chi connectivity index (χ0n) is 13.6. The molecule has 0 fully saturated rings. The minimum absolute atomic E-state index is 0.0466. The van der Waals surface area contributed by atoms with Gasteiger partial charge >= 0.3 is 5.97 Å². The molecule has 0 radical (unpaired) electrons. The number of aryl methyl sites for hydroxylation is 1. The Morgan fingerprint density at radius 1 is 1.38 bits per heavy atom. The number of carbonyl (C=O) groups is 2. The summed E-state index contributed by atoms with van der Waals surface area (Å²) in [5.74, 6) is -0.726. The standard InChI is InChI=1S/C17H20BrN3O3/c1-3-5-13-9-15(21-20-13)17(23)19-14(10-16(22)24-2)11-6-4-7-12(18)8-11/h4,6-9,14H,3,5,10H2,1-2H3,(H,19,23)(H,20,21). The number of methoxy groups -OCH3 is 1. The van der Waals surface area contributed by atoms with Gasteiger partial charge in [0, 0.05) is 10.2 Å². The number of aromatic nitrogens is 2. The van der Waals surface area contributed by atoms with Crippen molar-refractivity contribution >= 4 is 27.8 Å². The second-order valence-corrected chi connectivity index (χ2v) is 6.31.